The van der Waals surface area contributed by atoms with Crippen LogP contribution in [0, 0.1) is 17.3 Å². The van der Waals surface area contributed by atoms with Gasteiger partial charge in [0, 0.05) is 19.1 Å². The standard InChI is InChI=1S/C16H28N2/c1-2-6-16(5-1)7-3-15(4-8-16)18-11-13-9-17-10-14(13)12-18/h13-15,17H,1-12H2/t13-,14+. The van der Waals surface area contributed by atoms with Gasteiger partial charge in [-0.3, -0.25) is 4.90 Å². The molecule has 4 rings (SSSR count). The third kappa shape index (κ3) is 1.92. The topological polar surface area (TPSA) is 15.3 Å². The highest BCUT2D eigenvalue weighted by Gasteiger charge is 2.43. The number of rotatable bonds is 1. The van der Waals surface area contributed by atoms with E-state index < -0.39 is 0 Å². The van der Waals surface area contributed by atoms with Crippen molar-refractivity contribution >= 4 is 0 Å². The third-order valence-electron chi connectivity index (χ3n) is 6.61. The van der Waals surface area contributed by atoms with Gasteiger partial charge in [0.15, 0.2) is 0 Å². The molecule has 0 aromatic carbocycles. The Labute approximate surface area is 111 Å². The van der Waals surface area contributed by atoms with Crippen LogP contribution >= 0.6 is 0 Å². The van der Waals surface area contributed by atoms with Crippen LogP contribution in [0.15, 0.2) is 0 Å². The highest BCUT2D eigenvalue weighted by Crippen LogP contribution is 2.50. The molecule has 2 heteroatoms. The zero-order chi connectivity index (χ0) is 12.0. The van der Waals surface area contributed by atoms with Crippen LogP contribution in [0.25, 0.3) is 0 Å². The van der Waals surface area contributed by atoms with Crippen molar-refractivity contribution in [2.24, 2.45) is 17.3 Å². The average molecular weight is 248 g/mol. The van der Waals surface area contributed by atoms with Crippen molar-refractivity contribution in [1.82, 2.24) is 10.2 Å². The van der Waals surface area contributed by atoms with Crippen LogP contribution in [0.4, 0.5) is 0 Å². The Kier molecular flexibility index (Phi) is 2.92. The highest BCUT2D eigenvalue weighted by molar-refractivity contribution is 4.97. The maximum Gasteiger partial charge on any atom is 0.00959 e. The van der Waals surface area contributed by atoms with Gasteiger partial charge >= 0.3 is 0 Å². The minimum Gasteiger partial charge on any atom is -0.316 e. The van der Waals surface area contributed by atoms with E-state index in [1.165, 1.54) is 51.9 Å². The van der Waals surface area contributed by atoms with Gasteiger partial charge in [0.1, 0.15) is 0 Å². The molecule has 1 spiro atoms. The first-order chi connectivity index (χ1) is 8.85. The van der Waals surface area contributed by atoms with E-state index in [1.54, 1.807) is 25.7 Å². The highest BCUT2D eigenvalue weighted by atomic mass is 15.2. The maximum absolute atomic E-state index is 3.56. The lowest BCUT2D eigenvalue weighted by Gasteiger charge is -2.41. The summed E-state index contributed by atoms with van der Waals surface area (Å²) in [6.07, 6.45) is 12.2. The summed E-state index contributed by atoms with van der Waals surface area (Å²) in [6, 6.07) is 0.946. The summed E-state index contributed by atoms with van der Waals surface area (Å²) in [6.45, 7) is 5.38. The minimum absolute atomic E-state index is 0.813. The predicted octanol–water partition coefficient (Wildman–Crippen LogP) is 2.64. The van der Waals surface area contributed by atoms with Crippen molar-refractivity contribution in [3.8, 4) is 0 Å². The van der Waals surface area contributed by atoms with Crippen LogP contribution in [0.1, 0.15) is 51.4 Å². The molecule has 2 saturated carbocycles. The average Bonchev–Trinajstić information content (AvgIpc) is 3.05. The Morgan fingerprint density at radius 3 is 2.06 bits per heavy atom. The molecule has 4 aliphatic rings. The number of nitrogens with zero attached hydrogens (tertiary/aromatic N) is 1. The van der Waals surface area contributed by atoms with E-state index in [-0.39, 0.29) is 0 Å². The minimum atomic E-state index is 0.813. The van der Waals surface area contributed by atoms with Crippen molar-refractivity contribution in [2.45, 2.75) is 57.4 Å². The van der Waals surface area contributed by atoms with E-state index in [1.807, 2.05) is 0 Å². The molecule has 0 radical (unpaired) electrons. The molecule has 0 aromatic heterocycles. The molecule has 2 saturated heterocycles. The Morgan fingerprint density at radius 1 is 0.833 bits per heavy atom. The first kappa shape index (κ1) is 11.7. The van der Waals surface area contributed by atoms with Gasteiger partial charge in [-0.05, 0) is 68.9 Å². The number of nitrogens with one attached hydrogen (secondary N) is 1. The summed E-state index contributed by atoms with van der Waals surface area (Å²) < 4.78 is 0. The molecule has 0 unspecified atom stereocenters. The lowest BCUT2D eigenvalue weighted by molar-refractivity contribution is 0.102. The van der Waals surface area contributed by atoms with E-state index in [2.05, 4.69) is 10.2 Å². The molecule has 0 amide bonds. The van der Waals surface area contributed by atoms with E-state index in [4.69, 9.17) is 0 Å². The molecule has 2 aliphatic carbocycles. The van der Waals surface area contributed by atoms with E-state index in [0.29, 0.717) is 0 Å². The van der Waals surface area contributed by atoms with Crippen LogP contribution in [-0.4, -0.2) is 37.1 Å². The molecule has 2 atom stereocenters. The quantitative estimate of drug-likeness (QED) is 0.767. The summed E-state index contributed by atoms with van der Waals surface area (Å²) in [5.41, 5.74) is 0.813. The summed E-state index contributed by atoms with van der Waals surface area (Å²) in [5.74, 6) is 1.96. The molecule has 0 bridgehead atoms. The van der Waals surface area contributed by atoms with Gasteiger partial charge in [-0.1, -0.05) is 12.8 Å². The smallest absolute Gasteiger partial charge is 0.00959 e. The summed E-state index contributed by atoms with van der Waals surface area (Å²) >= 11 is 0. The van der Waals surface area contributed by atoms with E-state index >= 15 is 0 Å². The fourth-order valence-corrected chi connectivity index (χ4v) is 5.39. The van der Waals surface area contributed by atoms with Crippen molar-refractivity contribution in [1.29, 1.82) is 0 Å². The third-order valence-corrected chi connectivity index (χ3v) is 6.61. The van der Waals surface area contributed by atoms with E-state index in [9.17, 15) is 0 Å². The SMILES string of the molecule is C1CCC2(C1)CCC(N1C[C@H]3CNC[C@H]3C1)CC2. The second-order valence-corrected chi connectivity index (χ2v) is 7.57. The molecule has 102 valence electrons. The molecular weight excluding hydrogens is 220 g/mol. The van der Waals surface area contributed by atoms with Gasteiger partial charge in [0.2, 0.25) is 0 Å². The Morgan fingerprint density at radius 2 is 1.44 bits per heavy atom. The van der Waals surface area contributed by atoms with Gasteiger partial charge in [0.05, 0.1) is 0 Å². The van der Waals surface area contributed by atoms with Gasteiger partial charge in [-0.15, -0.1) is 0 Å². The number of hydrogen-bond acceptors (Lipinski definition) is 2. The molecule has 4 fully saturated rings. The van der Waals surface area contributed by atoms with Gasteiger partial charge < -0.3 is 5.32 Å². The van der Waals surface area contributed by atoms with Crippen molar-refractivity contribution < 1.29 is 0 Å². The molecule has 2 nitrogen and oxygen atoms in total. The normalized spacial score (nSPS) is 40.7. The Balaban J connectivity index is 1.35. The number of hydrogen-bond donors (Lipinski definition) is 1. The van der Waals surface area contributed by atoms with Crippen LogP contribution in [0.3, 0.4) is 0 Å². The predicted molar refractivity (Wildman–Crippen MR) is 74.6 cm³/mol. The summed E-state index contributed by atoms with van der Waals surface area (Å²) in [5, 5.41) is 3.56. The van der Waals surface area contributed by atoms with Crippen molar-refractivity contribution in [3.63, 3.8) is 0 Å². The first-order valence-corrected chi connectivity index (χ1v) is 8.29. The lowest BCUT2D eigenvalue weighted by Crippen LogP contribution is -2.40. The molecule has 0 aromatic rings. The van der Waals surface area contributed by atoms with Crippen LogP contribution < -0.4 is 5.32 Å². The fraction of sp³-hybridized carbons (Fsp3) is 1.00. The van der Waals surface area contributed by atoms with Crippen molar-refractivity contribution in [2.75, 3.05) is 26.2 Å². The first-order valence-electron chi connectivity index (χ1n) is 8.29. The Bertz CT molecular complexity index is 286. The summed E-state index contributed by atoms with van der Waals surface area (Å²) in [4.78, 5) is 2.86. The maximum atomic E-state index is 3.56. The number of likely N-dealkylation sites (tertiary alicyclic amines) is 1. The molecular formula is C16H28N2. The fourth-order valence-electron chi connectivity index (χ4n) is 5.39. The van der Waals surface area contributed by atoms with Gasteiger partial charge in [-0.2, -0.15) is 0 Å². The van der Waals surface area contributed by atoms with E-state index in [0.717, 1.165) is 23.3 Å². The molecule has 2 aliphatic heterocycles. The van der Waals surface area contributed by atoms with Crippen molar-refractivity contribution in [3.05, 3.63) is 0 Å². The zero-order valence-electron chi connectivity index (χ0n) is 11.7. The van der Waals surface area contributed by atoms with Gasteiger partial charge in [0.25, 0.3) is 0 Å². The second kappa shape index (κ2) is 4.49. The molecule has 18 heavy (non-hydrogen) atoms. The van der Waals surface area contributed by atoms with Crippen LogP contribution in [-0.2, 0) is 0 Å². The second-order valence-electron chi connectivity index (χ2n) is 7.57. The summed E-state index contributed by atoms with van der Waals surface area (Å²) in [7, 11) is 0. The molecule has 1 N–H and O–H groups in total. The lowest BCUT2D eigenvalue weighted by atomic mass is 9.71. The van der Waals surface area contributed by atoms with Gasteiger partial charge in [-0.25, -0.2) is 0 Å². The van der Waals surface area contributed by atoms with Crippen LogP contribution in [0.2, 0.25) is 0 Å². The monoisotopic (exact) mass is 248 g/mol. The largest absolute Gasteiger partial charge is 0.316 e. The van der Waals surface area contributed by atoms with Crippen LogP contribution in [0.5, 0.6) is 0 Å². The number of fused-ring (bicyclic) bond motifs is 1. The molecule has 2 heterocycles. The Hall–Kier alpha value is -0.0800. The zero-order valence-corrected chi connectivity index (χ0v) is 11.7.